The quantitative estimate of drug-likeness (QED) is 0.491. The van der Waals surface area contributed by atoms with Crippen LogP contribution in [0.5, 0.6) is 0 Å². The molecule has 0 saturated heterocycles. The third-order valence-electron chi connectivity index (χ3n) is 4.70. The van der Waals surface area contributed by atoms with Crippen LogP contribution in [0, 0.1) is 11.6 Å². The van der Waals surface area contributed by atoms with Gasteiger partial charge in [0.2, 0.25) is 5.95 Å². The number of nitrogens with zero attached hydrogens (tertiary/aromatic N) is 3. The van der Waals surface area contributed by atoms with Gasteiger partial charge >= 0.3 is 0 Å². The van der Waals surface area contributed by atoms with Crippen molar-refractivity contribution in [1.29, 1.82) is 0 Å². The van der Waals surface area contributed by atoms with E-state index in [0.717, 1.165) is 11.6 Å². The van der Waals surface area contributed by atoms with Crippen molar-refractivity contribution in [2.75, 3.05) is 5.32 Å². The molecule has 4 aromatic rings. The van der Waals surface area contributed by atoms with Crippen molar-refractivity contribution in [3.05, 3.63) is 98.9 Å². The number of anilines is 1. The van der Waals surface area contributed by atoms with E-state index in [0.29, 0.717) is 27.6 Å². The molecule has 0 amide bonds. The summed E-state index contributed by atoms with van der Waals surface area (Å²) >= 11 is 5.94. The molecule has 1 N–H and O–H groups in total. The lowest BCUT2D eigenvalue weighted by molar-refractivity contribution is 0.577. The van der Waals surface area contributed by atoms with Crippen molar-refractivity contribution in [2.24, 2.45) is 0 Å². The maximum absolute atomic E-state index is 13.6. The molecule has 2 aromatic carbocycles. The van der Waals surface area contributed by atoms with Gasteiger partial charge in [-0.2, -0.15) is 4.98 Å². The van der Waals surface area contributed by atoms with Gasteiger partial charge in [-0.3, -0.25) is 9.36 Å². The average molecular weight is 427 g/mol. The summed E-state index contributed by atoms with van der Waals surface area (Å²) in [5.74, 6) is -1.08. The molecule has 30 heavy (non-hydrogen) atoms. The van der Waals surface area contributed by atoms with E-state index < -0.39 is 11.6 Å². The largest absolute Gasteiger partial charge is 0.348 e. The SMILES string of the molecule is CC(Nc1ncc2ccc(=O)n(Cc3cc(F)cc(F)c3)c2n1)c1ccc(Cl)cc1. The summed E-state index contributed by atoms with van der Waals surface area (Å²) in [6.45, 7) is 1.93. The highest BCUT2D eigenvalue weighted by Gasteiger charge is 2.12. The first-order valence-electron chi connectivity index (χ1n) is 9.22. The number of nitrogens with one attached hydrogen (secondary N) is 1. The molecule has 0 bridgehead atoms. The molecule has 0 spiro atoms. The van der Waals surface area contributed by atoms with Crippen LogP contribution in [0.15, 0.2) is 65.6 Å². The number of fused-ring (bicyclic) bond motifs is 1. The van der Waals surface area contributed by atoms with E-state index in [-0.39, 0.29) is 18.1 Å². The Morgan fingerprint density at radius 1 is 1.07 bits per heavy atom. The van der Waals surface area contributed by atoms with Crippen LogP contribution in [0.25, 0.3) is 11.0 Å². The summed E-state index contributed by atoms with van der Waals surface area (Å²) in [6.07, 6.45) is 1.60. The minimum atomic E-state index is -0.702. The predicted octanol–water partition coefficient (Wildman–Crippen LogP) is 4.94. The molecule has 0 radical (unpaired) electrons. The number of aromatic nitrogens is 3. The van der Waals surface area contributed by atoms with Crippen molar-refractivity contribution in [3.8, 4) is 0 Å². The van der Waals surface area contributed by atoms with Gasteiger partial charge in [-0.15, -0.1) is 0 Å². The number of hydrogen-bond donors (Lipinski definition) is 1. The van der Waals surface area contributed by atoms with Crippen molar-refractivity contribution in [1.82, 2.24) is 14.5 Å². The van der Waals surface area contributed by atoms with Crippen molar-refractivity contribution in [3.63, 3.8) is 0 Å². The molecule has 4 rings (SSSR count). The van der Waals surface area contributed by atoms with E-state index in [2.05, 4.69) is 15.3 Å². The Kier molecular flexibility index (Phi) is 5.46. The normalized spacial score (nSPS) is 12.1. The molecule has 5 nitrogen and oxygen atoms in total. The molecular weight excluding hydrogens is 410 g/mol. The molecule has 1 atom stereocenters. The zero-order valence-electron chi connectivity index (χ0n) is 15.9. The summed E-state index contributed by atoms with van der Waals surface area (Å²) in [5.41, 5.74) is 1.35. The van der Waals surface area contributed by atoms with Crippen LogP contribution in [-0.2, 0) is 6.54 Å². The molecule has 0 aliphatic rings. The fourth-order valence-electron chi connectivity index (χ4n) is 3.21. The summed E-state index contributed by atoms with van der Waals surface area (Å²) in [6, 6.07) is 13.5. The third kappa shape index (κ3) is 4.31. The fourth-order valence-corrected chi connectivity index (χ4v) is 3.33. The Bertz CT molecular complexity index is 1250. The number of pyridine rings is 1. The van der Waals surface area contributed by atoms with Gasteiger partial charge in [-0.05, 0) is 48.4 Å². The molecule has 2 heterocycles. The topological polar surface area (TPSA) is 59.8 Å². The van der Waals surface area contributed by atoms with Gasteiger partial charge < -0.3 is 5.32 Å². The Balaban J connectivity index is 1.69. The minimum Gasteiger partial charge on any atom is -0.348 e. The lowest BCUT2D eigenvalue weighted by Crippen LogP contribution is -2.21. The van der Waals surface area contributed by atoms with Crippen LogP contribution >= 0.6 is 11.6 Å². The van der Waals surface area contributed by atoms with Crippen LogP contribution < -0.4 is 10.9 Å². The molecule has 0 saturated carbocycles. The van der Waals surface area contributed by atoms with Crippen LogP contribution in [0.3, 0.4) is 0 Å². The Hall–Kier alpha value is -3.32. The Morgan fingerprint density at radius 3 is 2.47 bits per heavy atom. The zero-order valence-corrected chi connectivity index (χ0v) is 16.7. The van der Waals surface area contributed by atoms with Gasteiger partial charge in [0.05, 0.1) is 12.6 Å². The monoisotopic (exact) mass is 426 g/mol. The molecule has 152 valence electrons. The molecule has 0 aliphatic carbocycles. The first-order valence-corrected chi connectivity index (χ1v) is 9.60. The van der Waals surface area contributed by atoms with E-state index in [1.807, 2.05) is 19.1 Å². The average Bonchev–Trinajstić information content (AvgIpc) is 2.70. The molecule has 1 unspecified atom stereocenters. The van der Waals surface area contributed by atoms with E-state index in [1.54, 1.807) is 24.4 Å². The highest BCUT2D eigenvalue weighted by Crippen LogP contribution is 2.20. The van der Waals surface area contributed by atoms with Gasteiger partial charge in [0.25, 0.3) is 5.56 Å². The molecule has 8 heteroatoms. The van der Waals surface area contributed by atoms with Gasteiger partial charge in [-0.1, -0.05) is 23.7 Å². The highest BCUT2D eigenvalue weighted by atomic mass is 35.5. The van der Waals surface area contributed by atoms with Crippen molar-refractivity contribution in [2.45, 2.75) is 19.5 Å². The summed E-state index contributed by atoms with van der Waals surface area (Å²) in [5, 5.41) is 4.48. The van der Waals surface area contributed by atoms with Crippen molar-refractivity contribution >= 4 is 28.6 Å². The van der Waals surface area contributed by atoms with E-state index >= 15 is 0 Å². The predicted molar refractivity (Wildman–Crippen MR) is 113 cm³/mol. The minimum absolute atomic E-state index is 0.0198. The second-order valence-electron chi connectivity index (χ2n) is 6.93. The highest BCUT2D eigenvalue weighted by molar-refractivity contribution is 6.30. The second-order valence-corrected chi connectivity index (χ2v) is 7.36. The van der Waals surface area contributed by atoms with E-state index in [9.17, 15) is 13.6 Å². The number of halogens is 3. The lowest BCUT2D eigenvalue weighted by Gasteiger charge is -2.15. The molecular formula is C22H17ClF2N4O. The summed E-state index contributed by atoms with van der Waals surface area (Å²) in [7, 11) is 0. The smallest absolute Gasteiger partial charge is 0.252 e. The molecule has 0 fully saturated rings. The lowest BCUT2D eigenvalue weighted by atomic mass is 10.1. The number of benzene rings is 2. The number of hydrogen-bond acceptors (Lipinski definition) is 4. The van der Waals surface area contributed by atoms with Crippen molar-refractivity contribution < 1.29 is 8.78 Å². The van der Waals surface area contributed by atoms with Crippen LogP contribution in [-0.4, -0.2) is 14.5 Å². The molecule has 0 aliphatic heterocycles. The zero-order chi connectivity index (χ0) is 21.3. The first-order chi connectivity index (χ1) is 14.4. The van der Waals surface area contributed by atoms with Crippen LogP contribution in [0.4, 0.5) is 14.7 Å². The molecule has 2 aromatic heterocycles. The maximum atomic E-state index is 13.6. The summed E-state index contributed by atoms with van der Waals surface area (Å²) < 4.78 is 28.5. The Labute approximate surface area is 176 Å². The van der Waals surface area contributed by atoms with E-state index in [1.165, 1.54) is 22.8 Å². The first kappa shape index (κ1) is 20.0. The van der Waals surface area contributed by atoms with Gasteiger partial charge in [0, 0.05) is 28.7 Å². The van der Waals surface area contributed by atoms with Gasteiger partial charge in [0.15, 0.2) is 0 Å². The third-order valence-corrected chi connectivity index (χ3v) is 4.95. The van der Waals surface area contributed by atoms with Crippen LogP contribution in [0.1, 0.15) is 24.1 Å². The van der Waals surface area contributed by atoms with Gasteiger partial charge in [-0.25, -0.2) is 13.8 Å². The maximum Gasteiger partial charge on any atom is 0.252 e. The Morgan fingerprint density at radius 2 is 1.77 bits per heavy atom. The summed E-state index contributed by atoms with van der Waals surface area (Å²) in [4.78, 5) is 21.3. The standard InChI is InChI=1S/C22H17ClF2N4O/c1-13(15-2-5-17(23)6-3-15)27-22-26-11-16-4-7-20(30)29(21(16)28-22)12-14-8-18(24)10-19(25)9-14/h2-11,13H,12H2,1H3,(H,26,27,28). The van der Waals surface area contributed by atoms with Crippen LogP contribution in [0.2, 0.25) is 5.02 Å². The fraction of sp³-hybridized carbons (Fsp3) is 0.136. The second kappa shape index (κ2) is 8.20. The number of rotatable bonds is 5. The van der Waals surface area contributed by atoms with E-state index in [4.69, 9.17) is 11.6 Å². The van der Waals surface area contributed by atoms with Gasteiger partial charge in [0.1, 0.15) is 17.3 Å².